The zero-order valence-electron chi connectivity index (χ0n) is 17.1. The summed E-state index contributed by atoms with van der Waals surface area (Å²) in [7, 11) is 0. The van der Waals surface area contributed by atoms with Gasteiger partial charge in [0.05, 0.1) is 5.56 Å². The first-order valence-electron chi connectivity index (χ1n) is 9.68. The number of ketones is 2. The molecule has 0 bridgehead atoms. The van der Waals surface area contributed by atoms with E-state index in [0.717, 1.165) is 0 Å². The predicted molar refractivity (Wildman–Crippen MR) is 116 cm³/mol. The number of hydrogen-bond donors (Lipinski definition) is 1. The summed E-state index contributed by atoms with van der Waals surface area (Å²) in [5.74, 6) is -1.69. The fourth-order valence-electron chi connectivity index (χ4n) is 2.91. The summed E-state index contributed by atoms with van der Waals surface area (Å²) in [6.45, 7) is 2.90. The Kier molecular flexibility index (Phi) is 6.72. The highest BCUT2D eigenvalue weighted by atomic mass is 16.5. The minimum absolute atomic E-state index is 0.0797. The number of rotatable bonds is 7. The van der Waals surface area contributed by atoms with E-state index in [-0.39, 0.29) is 22.7 Å². The Morgan fingerprint density at radius 2 is 1.32 bits per heavy atom. The van der Waals surface area contributed by atoms with E-state index in [4.69, 9.17) is 4.74 Å². The third kappa shape index (κ3) is 5.30. The second-order valence-electron chi connectivity index (χ2n) is 6.91. The van der Waals surface area contributed by atoms with Crippen LogP contribution in [-0.2, 0) is 9.53 Å². The Hall–Kier alpha value is -4.06. The number of esters is 1. The smallest absolute Gasteiger partial charge is 0.339 e. The molecule has 31 heavy (non-hydrogen) atoms. The molecule has 0 saturated carbocycles. The standard InChI is InChI=1S/C25H21NO5/c1-16(27)18-12-14-20(15-13-18)26-24(29)17(2)31-25(30)22-11-7-6-10-21(22)23(28)19-8-4-3-5-9-19/h3-15,17H,1-2H3,(H,26,29)/t17-/m1/s1. The van der Waals surface area contributed by atoms with Crippen LogP contribution in [0.4, 0.5) is 5.69 Å². The van der Waals surface area contributed by atoms with Gasteiger partial charge in [-0.3, -0.25) is 14.4 Å². The zero-order chi connectivity index (χ0) is 22.4. The number of carbonyl (C=O) groups is 4. The Morgan fingerprint density at radius 3 is 1.94 bits per heavy atom. The van der Waals surface area contributed by atoms with Gasteiger partial charge >= 0.3 is 5.97 Å². The molecule has 0 unspecified atom stereocenters. The molecule has 6 nitrogen and oxygen atoms in total. The Labute approximate surface area is 179 Å². The lowest BCUT2D eigenvalue weighted by atomic mass is 9.98. The lowest BCUT2D eigenvalue weighted by molar-refractivity contribution is -0.123. The molecular formula is C25H21NO5. The molecule has 0 aliphatic heterocycles. The van der Waals surface area contributed by atoms with Crippen LogP contribution in [0.1, 0.15) is 50.5 Å². The van der Waals surface area contributed by atoms with Crippen LogP contribution >= 0.6 is 0 Å². The number of carbonyl (C=O) groups excluding carboxylic acids is 4. The fourth-order valence-corrected chi connectivity index (χ4v) is 2.91. The molecular weight excluding hydrogens is 394 g/mol. The van der Waals surface area contributed by atoms with Crippen LogP contribution in [0.5, 0.6) is 0 Å². The summed E-state index contributed by atoms with van der Waals surface area (Å²) in [4.78, 5) is 49.2. The van der Waals surface area contributed by atoms with Crippen molar-refractivity contribution in [3.8, 4) is 0 Å². The average molecular weight is 415 g/mol. The van der Waals surface area contributed by atoms with Gasteiger partial charge in [0.15, 0.2) is 17.7 Å². The molecule has 1 N–H and O–H groups in total. The van der Waals surface area contributed by atoms with Crippen LogP contribution in [0.3, 0.4) is 0 Å². The largest absolute Gasteiger partial charge is 0.449 e. The number of anilines is 1. The molecule has 1 amide bonds. The molecule has 1 atom stereocenters. The molecule has 0 aliphatic rings. The molecule has 0 aliphatic carbocycles. The Morgan fingerprint density at radius 1 is 0.742 bits per heavy atom. The van der Waals surface area contributed by atoms with Gasteiger partial charge in [-0.15, -0.1) is 0 Å². The highest BCUT2D eigenvalue weighted by Gasteiger charge is 2.23. The molecule has 3 aromatic rings. The second kappa shape index (κ2) is 9.63. The second-order valence-corrected chi connectivity index (χ2v) is 6.91. The SMILES string of the molecule is CC(=O)c1ccc(NC(=O)[C@@H](C)OC(=O)c2ccccc2C(=O)c2ccccc2)cc1. The van der Waals surface area contributed by atoms with Gasteiger partial charge in [-0.25, -0.2) is 4.79 Å². The van der Waals surface area contributed by atoms with E-state index in [2.05, 4.69) is 5.32 Å². The van der Waals surface area contributed by atoms with Crippen LogP contribution in [-0.4, -0.2) is 29.5 Å². The van der Waals surface area contributed by atoms with Crippen molar-refractivity contribution in [2.75, 3.05) is 5.32 Å². The van der Waals surface area contributed by atoms with E-state index < -0.39 is 18.0 Å². The van der Waals surface area contributed by atoms with Gasteiger partial charge in [0.25, 0.3) is 5.91 Å². The first-order chi connectivity index (χ1) is 14.9. The predicted octanol–water partition coefficient (Wildman–Crippen LogP) is 4.30. The minimum Gasteiger partial charge on any atom is -0.449 e. The van der Waals surface area contributed by atoms with E-state index in [1.165, 1.54) is 19.9 Å². The summed E-state index contributed by atoms with van der Waals surface area (Å²) in [5, 5.41) is 2.63. The van der Waals surface area contributed by atoms with Crippen molar-refractivity contribution < 1.29 is 23.9 Å². The van der Waals surface area contributed by atoms with Gasteiger partial charge in [-0.1, -0.05) is 48.5 Å². The third-order valence-electron chi connectivity index (χ3n) is 4.64. The topological polar surface area (TPSA) is 89.5 Å². The van der Waals surface area contributed by atoms with Crippen molar-refractivity contribution in [3.05, 3.63) is 101 Å². The lowest BCUT2D eigenvalue weighted by Gasteiger charge is -2.15. The van der Waals surface area contributed by atoms with Crippen molar-refractivity contribution in [1.29, 1.82) is 0 Å². The average Bonchev–Trinajstić information content (AvgIpc) is 2.79. The number of Topliss-reactive ketones (excluding diaryl/α,β-unsaturated/α-hetero) is 1. The first kappa shape index (κ1) is 21.6. The van der Waals surface area contributed by atoms with Crippen LogP contribution in [0.2, 0.25) is 0 Å². The van der Waals surface area contributed by atoms with Crippen LogP contribution in [0.15, 0.2) is 78.9 Å². The summed E-state index contributed by atoms with van der Waals surface area (Å²) < 4.78 is 5.30. The number of benzene rings is 3. The van der Waals surface area contributed by atoms with Gasteiger partial charge < -0.3 is 10.1 Å². The van der Waals surface area contributed by atoms with E-state index in [1.54, 1.807) is 72.8 Å². The summed E-state index contributed by atoms with van der Waals surface area (Å²) in [6.07, 6.45) is -1.10. The fraction of sp³-hybridized carbons (Fsp3) is 0.120. The van der Waals surface area contributed by atoms with E-state index in [0.29, 0.717) is 16.8 Å². The molecule has 0 saturated heterocycles. The van der Waals surface area contributed by atoms with E-state index >= 15 is 0 Å². The number of hydrogen-bond acceptors (Lipinski definition) is 5. The third-order valence-corrected chi connectivity index (χ3v) is 4.64. The molecule has 156 valence electrons. The number of nitrogens with one attached hydrogen (secondary N) is 1. The van der Waals surface area contributed by atoms with Crippen molar-refractivity contribution in [2.45, 2.75) is 20.0 Å². The van der Waals surface area contributed by atoms with Crippen molar-refractivity contribution in [3.63, 3.8) is 0 Å². The summed E-state index contributed by atoms with van der Waals surface area (Å²) in [5.41, 5.74) is 1.73. The highest BCUT2D eigenvalue weighted by molar-refractivity contribution is 6.14. The van der Waals surface area contributed by atoms with Crippen LogP contribution in [0, 0.1) is 0 Å². The normalized spacial score (nSPS) is 11.3. The van der Waals surface area contributed by atoms with Gasteiger partial charge in [0.2, 0.25) is 0 Å². The van der Waals surface area contributed by atoms with Crippen LogP contribution in [0.25, 0.3) is 0 Å². The van der Waals surface area contributed by atoms with Crippen LogP contribution < -0.4 is 5.32 Å². The molecule has 0 heterocycles. The van der Waals surface area contributed by atoms with Gasteiger partial charge in [-0.05, 0) is 44.2 Å². The maximum absolute atomic E-state index is 12.8. The first-order valence-corrected chi connectivity index (χ1v) is 9.68. The Balaban J connectivity index is 1.70. The Bertz CT molecular complexity index is 1120. The molecule has 0 radical (unpaired) electrons. The maximum atomic E-state index is 12.8. The molecule has 3 aromatic carbocycles. The van der Waals surface area contributed by atoms with E-state index in [9.17, 15) is 19.2 Å². The van der Waals surface area contributed by atoms with Crippen molar-refractivity contribution in [1.82, 2.24) is 0 Å². The van der Waals surface area contributed by atoms with Crippen molar-refractivity contribution in [2.24, 2.45) is 0 Å². The molecule has 3 rings (SSSR count). The van der Waals surface area contributed by atoms with Crippen molar-refractivity contribution >= 4 is 29.1 Å². The van der Waals surface area contributed by atoms with Gasteiger partial charge in [0, 0.05) is 22.4 Å². The molecule has 0 spiro atoms. The maximum Gasteiger partial charge on any atom is 0.339 e. The summed E-state index contributed by atoms with van der Waals surface area (Å²) >= 11 is 0. The van der Waals surface area contributed by atoms with Gasteiger partial charge in [-0.2, -0.15) is 0 Å². The highest BCUT2D eigenvalue weighted by Crippen LogP contribution is 2.17. The lowest BCUT2D eigenvalue weighted by Crippen LogP contribution is -2.30. The quantitative estimate of drug-likeness (QED) is 0.459. The van der Waals surface area contributed by atoms with Gasteiger partial charge in [0.1, 0.15) is 0 Å². The monoisotopic (exact) mass is 415 g/mol. The minimum atomic E-state index is -1.10. The number of ether oxygens (including phenoxy) is 1. The van der Waals surface area contributed by atoms with E-state index in [1.807, 2.05) is 0 Å². The molecule has 6 heteroatoms. The number of amides is 1. The molecule has 0 aromatic heterocycles. The zero-order valence-corrected chi connectivity index (χ0v) is 17.1. The summed E-state index contributed by atoms with van der Waals surface area (Å²) in [6, 6.07) is 21.3. The molecule has 0 fully saturated rings.